The van der Waals surface area contributed by atoms with E-state index in [2.05, 4.69) is 9.71 Å². The zero-order chi connectivity index (χ0) is 22.6. The van der Waals surface area contributed by atoms with Crippen LogP contribution in [0.1, 0.15) is 27.2 Å². The van der Waals surface area contributed by atoms with Gasteiger partial charge in [-0.05, 0) is 50.2 Å². The quantitative estimate of drug-likeness (QED) is 0.605. The van der Waals surface area contributed by atoms with Crippen LogP contribution in [0.4, 0.5) is 5.69 Å². The second-order valence-electron chi connectivity index (χ2n) is 7.20. The van der Waals surface area contributed by atoms with Crippen LogP contribution in [0.3, 0.4) is 0 Å². The van der Waals surface area contributed by atoms with Gasteiger partial charge in [-0.1, -0.05) is 18.2 Å². The van der Waals surface area contributed by atoms with Crippen LogP contribution in [-0.2, 0) is 16.6 Å². The lowest BCUT2D eigenvalue weighted by atomic mass is 10.1. The number of para-hydroxylation sites is 1. The second-order valence-corrected chi connectivity index (χ2v) is 8.89. The topological polar surface area (TPSA) is 88.6 Å². The average Bonchev–Trinajstić information content (AvgIpc) is 2.76. The fourth-order valence-corrected chi connectivity index (χ4v) is 4.30. The number of nitrogens with one attached hydrogen (secondary N) is 1. The monoisotopic (exact) mass is 439 g/mol. The molecule has 0 unspecified atom stereocenters. The van der Waals surface area contributed by atoms with Crippen LogP contribution in [0.15, 0.2) is 65.7 Å². The van der Waals surface area contributed by atoms with Gasteiger partial charge < -0.3 is 9.64 Å². The molecule has 0 spiro atoms. The molecule has 2 aromatic carbocycles. The van der Waals surface area contributed by atoms with E-state index < -0.39 is 10.0 Å². The van der Waals surface area contributed by atoms with E-state index in [0.29, 0.717) is 17.8 Å². The first-order valence-corrected chi connectivity index (χ1v) is 11.1. The van der Waals surface area contributed by atoms with Gasteiger partial charge in [-0.15, -0.1) is 0 Å². The Labute approximate surface area is 182 Å². The highest BCUT2D eigenvalue weighted by Crippen LogP contribution is 2.25. The molecule has 162 valence electrons. The highest BCUT2D eigenvalue weighted by molar-refractivity contribution is 7.92. The van der Waals surface area contributed by atoms with Crippen LogP contribution in [0.5, 0.6) is 5.75 Å². The first-order valence-electron chi connectivity index (χ1n) is 9.65. The number of carbonyl (C=O) groups is 1. The summed E-state index contributed by atoms with van der Waals surface area (Å²) in [6, 6.07) is 14.5. The Hall–Kier alpha value is -3.39. The van der Waals surface area contributed by atoms with Gasteiger partial charge in [-0.3, -0.25) is 14.5 Å². The Morgan fingerprint density at radius 3 is 2.32 bits per heavy atom. The van der Waals surface area contributed by atoms with Crippen LogP contribution in [0.25, 0.3) is 0 Å². The minimum absolute atomic E-state index is 0.0799. The Morgan fingerprint density at radius 2 is 1.71 bits per heavy atom. The number of aryl methyl sites for hydroxylation is 1. The summed E-state index contributed by atoms with van der Waals surface area (Å²) in [7, 11) is -0.455. The van der Waals surface area contributed by atoms with E-state index in [1.165, 1.54) is 29.2 Å². The van der Waals surface area contributed by atoms with Gasteiger partial charge in [0.15, 0.2) is 0 Å². The van der Waals surface area contributed by atoms with Crippen molar-refractivity contribution in [3.63, 3.8) is 0 Å². The lowest BCUT2D eigenvalue weighted by Crippen LogP contribution is -2.27. The summed E-state index contributed by atoms with van der Waals surface area (Å²) in [5.74, 6) is 0.520. The molecule has 1 aromatic heterocycles. The molecule has 0 radical (unpaired) electrons. The number of hydrogen-bond acceptors (Lipinski definition) is 5. The molecule has 1 heterocycles. The van der Waals surface area contributed by atoms with Gasteiger partial charge in [0.25, 0.3) is 15.9 Å². The number of hydrogen-bond donors (Lipinski definition) is 1. The molecular weight excluding hydrogens is 414 g/mol. The molecule has 0 saturated carbocycles. The normalized spacial score (nSPS) is 11.1. The molecule has 3 aromatic rings. The van der Waals surface area contributed by atoms with Crippen molar-refractivity contribution < 1.29 is 17.9 Å². The molecule has 1 amide bonds. The summed E-state index contributed by atoms with van der Waals surface area (Å²) in [5, 5.41) is 0. The van der Waals surface area contributed by atoms with Gasteiger partial charge in [0.05, 0.1) is 24.2 Å². The fraction of sp³-hybridized carbons (Fsp3) is 0.217. The number of ether oxygens (including phenoxy) is 1. The van der Waals surface area contributed by atoms with Gasteiger partial charge in [-0.25, -0.2) is 8.42 Å². The summed E-state index contributed by atoms with van der Waals surface area (Å²) >= 11 is 0. The summed E-state index contributed by atoms with van der Waals surface area (Å²) < 4.78 is 33.1. The highest BCUT2D eigenvalue weighted by atomic mass is 32.2. The van der Waals surface area contributed by atoms with E-state index in [4.69, 9.17) is 4.74 Å². The van der Waals surface area contributed by atoms with E-state index in [9.17, 15) is 13.2 Å². The van der Waals surface area contributed by atoms with Crippen molar-refractivity contribution >= 4 is 21.6 Å². The van der Waals surface area contributed by atoms with Gasteiger partial charge in [0, 0.05) is 35.6 Å². The summed E-state index contributed by atoms with van der Waals surface area (Å²) in [5.41, 5.74) is 3.41. The smallest absolute Gasteiger partial charge is 0.261 e. The maximum absolute atomic E-state index is 12.8. The van der Waals surface area contributed by atoms with Crippen molar-refractivity contribution in [1.82, 2.24) is 9.88 Å². The van der Waals surface area contributed by atoms with Crippen molar-refractivity contribution in [3.05, 3.63) is 83.2 Å². The van der Waals surface area contributed by atoms with E-state index in [-0.39, 0.29) is 10.8 Å². The number of benzene rings is 2. The number of aromatic nitrogens is 1. The minimum atomic E-state index is -3.74. The number of nitrogens with zero attached hydrogens (tertiary/aromatic N) is 2. The van der Waals surface area contributed by atoms with E-state index in [1.54, 1.807) is 50.7 Å². The third-order valence-electron chi connectivity index (χ3n) is 4.92. The molecule has 7 nitrogen and oxygen atoms in total. The number of amides is 1. The third kappa shape index (κ3) is 5.03. The number of pyridine rings is 1. The Morgan fingerprint density at radius 1 is 1.06 bits per heavy atom. The predicted octanol–water partition coefficient (Wildman–Crippen LogP) is 3.78. The van der Waals surface area contributed by atoms with Crippen molar-refractivity contribution in [3.8, 4) is 5.75 Å². The van der Waals surface area contributed by atoms with Crippen molar-refractivity contribution in [2.75, 3.05) is 18.9 Å². The SMILES string of the molecule is COc1c(C)cnc(CN(C)C(=O)c2ccc(S(=O)(=O)Nc3ccccc3)cc2)c1C. The number of carbonyl (C=O) groups excluding carboxylic acids is 1. The maximum Gasteiger partial charge on any atom is 0.261 e. The molecule has 31 heavy (non-hydrogen) atoms. The molecular formula is C23H25N3O4S. The van der Waals surface area contributed by atoms with Crippen LogP contribution in [-0.4, -0.2) is 38.4 Å². The number of sulfonamides is 1. The molecule has 0 aliphatic heterocycles. The molecule has 3 rings (SSSR count). The second kappa shape index (κ2) is 9.18. The maximum atomic E-state index is 12.8. The molecule has 8 heteroatoms. The zero-order valence-corrected chi connectivity index (χ0v) is 18.7. The molecule has 1 N–H and O–H groups in total. The molecule has 0 aliphatic carbocycles. The number of rotatable bonds is 7. The van der Waals surface area contributed by atoms with Crippen molar-refractivity contribution in [2.24, 2.45) is 0 Å². The Balaban J connectivity index is 1.74. The standard InChI is InChI=1S/C23H25N3O4S/c1-16-14-24-21(17(2)22(16)30-4)15-26(3)23(27)18-10-12-20(13-11-18)31(28,29)25-19-8-6-5-7-9-19/h5-14,25H,15H2,1-4H3. The lowest BCUT2D eigenvalue weighted by molar-refractivity contribution is 0.0783. The van der Waals surface area contributed by atoms with Crippen molar-refractivity contribution in [2.45, 2.75) is 25.3 Å². The zero-order valence-electron chi connectivity index (χ0n) is 17.9. The molecule has 0 bridgehead atoms. The highest BCUT2D eigenvalue weighted by Gasteiger charge is 2.18. The summed E-state index contributed by atoms with van der Waals surface area (Å²) in [6.07, 6.45) is 1.72. The van der Waals surface area contributed by atoms with E-state index in [1.807, 2.05) is 13.8 Å². The Kier molecular flexibility index (Phi) is 6.60. The van der Waals surface area contributed by atoms with Crippen LogP contribution >= 0.6 is 0 Å². The molecule has 0 aliphatic rings. The number of anilines is 1. The molecule has 0 atom stereocenters. The van der Waals surface area contributed by atoms with Crippen LogP contribution in [0.2, 0.25) is 0 Å². The predicted molar refractivity (Wildman–Crippen MR) is 120 cm³/mol. The Bertz CT molecular complexity index is 1180. The lowest BCUT2D eigenvalue weighted by Gasteiger charge is -2.19. The largest absolute Gasteiger partial charge is 0.496 e. The van der Waals surface area contributed by atoms with Gasteiger partial charge in [-0.2, -0.15) is 0 Å². The average molecular weight is 440 g/mol. The summed E-state index contributed by atoms with van der Waals surface area (Å²) in [6.45, 7) is 4.13. The van der Waals surface area contributed by atoms with Crippen LogP contribution in [0, 0.1) is 13.8 Å². The minimum Gasteiger partial charge on any atom is -0.496 e. The van der Waals surface area contributed by atoms with E-state index >= 15 is 0 Å². The first-order chi connectivity index (χ1) is 14.7. The molecule has 0 saturated heterocycles. The first kappa shape index (κ1) is 22.3. The fourth-order valence-electron chi connectivity index (χ4n) is 3.24. The van der Waals surface area contributed by atoms with Gasteiger partial charge in [0.1, 0.15) is 5.75 Å². The summed E-state index contributed by atoms with van der Waals surface area (Å²) in [4.78, 5) is 18.9. The number of methoxy groups -OCH3 is 1. The van der Waals surface area contributed by atoms with Crippen LogP contribution < -0.4 is 9.46 Å². The van der Waals surface area contributed by atoms with Gasteiger partial charge >= 0.3 is 0 Å². The molecule has 0 fully saturated rings. The van der Waals surface area contributed by atoms with E-state index in [0.717, 1.165) is 22.6 Å². The van der Waals surface area contributed by atoms with Gasteiger partial charge in [0.2, 0.25) is 0 Å². The third-order valence-corrected chi connectivity index (χ3v) is 6.32. The van der Waals surface area contributed by atoms with Crippen molar-refractivity contribution in [1.29, 1.82) is 0 Å².